The number of aryl methyl sites for hydroxylation is 1. The lowest BCUT2D eigenvalue weighted by atomic mass is 10.1. The number of unbranched alkanes of at least 4 members (excludes halogenated alkanes) is 1. The number of nitrogens with zero attached hydrogens (tertiary/aromatic N) is 1. The average Bonchev–Trinajstić information content (AvgIpc) is 2.82. The van der Waals surface area contributed by atoms with Crippen molar-refractivity contribution >= 4 is 11.9 Å². The summed E-state index contributed by atoms with van der Waals surface area (Å²) in [5.41, 5.74) is 1.13. The molecule has 1 aromatic rings. The topological polar surface area (TPSA) is 81.3 Å². The number of hydrogen-bond donors (Lipinski definition) is 1. The van der Waals surface area contributed by atoms with Crippen LogP contribution in [0.1, 0.15) is 35.4 Å². The number of methoxy groups -OCH3 is 2. The molecule has 0 unspecified atom stereocenters. The van der Waals surface area contributed by atoms with E-state index in [0.29, 0.717) is 6.42 Å². The minimum Gasteiger partial charge on any atom is -0.469 e. The Morgan fingerprint density at radius 2 is 2.06 bits per heavy atom. The zero-order valence-corrected chi connectivity index (χ0v) is 9.99. The fraction of sp³-hybridized carbons (Fsp3) is 0.545. The largest absolute Gasteiger partial charge is 0.469 e. The molecule has 1 rings (SSSR count). The van der Waals surface area contributed by atoms with E-state index < -0.39 is 5.97 Å². The molecule has 6 heteroatoms. The molecule has 0 aliphatic carbocycles. The highest BCUT2D eigenvalue weighted by Crippen LogP contribution is 2.07. The van der Waals surface area contributed by atoms with Gasteiger partial charge in [0.25, 0.3) is 0 Å². The summed E-state index contributed by atoms with van der Waals surface area (Å²) in [6.45, 7) is 0. The number of esters is 2. The van der Waals surface area contributed by atoms with Crippen LogP contribution in [0.5, 0.6) is 0 Å². The third kappa shape index (κ3) is 4.26. The Hall–Kier alpha value is -1.85. The van der Waals surface area contributed by atoms with E-state index in [1.807, 2.05) is 0 Å². The van der Waals surface area contributed by atoms with Gasteiger partial charge in [0.15, 0.2) is 5.69 Å². The first kappa shape index (κ1) is 13.2. The summed E-state index contributed by atoms with van der Waals surface area (Å²) in [6.07, 6.45) is 2.73. The zero-order chi connectivity index (χ0) is 12.7. The molecule has 0 fully saturated rings. The van der Waals surface area contributed by atoms with Crippen molar-refractivity contribution in [1.29, 1.82) is 0 Å². The highest BCUT2D eigenvalue weighted by atomic mass is 16.5. The SMILES string of the molecule is COC(=O)CCCCc1cc(C(=O)OC)n[nH]1. The molecule has 0 aliphatic rings. The zero-order valence-electron chi connectivity index (χ0n) is 9.99. The number of ether oxygens (including phenoxy) is 2. The van der Waals surface area contributed by atoms with Gasteiger partial charge in [-0.05, 0) is 25.3 Å². The lowest BCUT2D eigenvalue weighted by molar-refractivity contribution is -0.140. The highest BCUT2D eigenvalue weighted by molar-refractivity contribution is 5.87. The van der Waals surface area contributed by atoms with Gasteiger partial charge in [-0.2, -0.15) is 5.10 Å². The summed E-state index contributed by atoms with van der Waals surface area (Å²) in [6, 6.07) is 1.66. The van der Waals surface area contributed by atoms with Crippen LogP contribution in [0.4, 0.5) is 0 Å². The molecule has 94 valence electrons. The van der Waals surface area contributed by atoms with Crippen LogP contribution in [0.25, 0.3) is 0 Å². The molecule has 1 N–H and O–H groups in total. The number of aromatic nitrogens is 2. The summed E-state index contributed by atoms with van der Waals surface area (Å²) in [5.74, 6) is -0.660. The van der Waals surface area contributed by atoms with E-state index >= 15 is 0 Å². The Kier molecular flexibility index (Phi) is 5.19. The van der Waals surface area contributed by atoms with Gasteiger partial charge in [0.05, 0.1) is 14.2 Å². The van der Waals surface area contributed by atoms with E-state index in [4.69, 9.17) is 0 Å². The average molecular weight is 240 g/mol. The van der Waals surface area contributed by atoms with Crippen molar-refractivity contribution in [3.63, 3.8) is 0 Å². The van der Waals surface area contributed by atoms with Crippen LogP contribution in [0, 0.1) is 0 Å². The van der Waals surface area contributed by atoms with Crippen molar-refractivity contribution in [2.45, 2.75) is 25.7 Å². The number of aromatic amines is 1. The minimum atomic E-state index is -0.456. The second-order valence-electron chi connectivity index (χ2n) is 3.55. The normalized spacial score (nSPS) is 10.0. The smallest absolute Gasteiger partial charge is 0.358 e. The van der Waals surface area contributed by atoms with Crippen LogP contribution in [0.3, 0.4) is 0 Å². The first-order valence-corrected chi connectivity index (χ1v) is 5.36. The van der Waals surface area contributed by atoms with E-state index in [-0.39, 0.29) is 11.7 Å². The molecular weight excluding hydrogens is 224 g/mol. The fourth-order valence-electron chi connectivity index (χ4n) is 1.39. The van der Waals surface area contributed by atoms with Gasteiger partial charge in [0.2, 0.25) is 0 Å². The van der Waals surface area contributed by atoms with Gasteiger partial charge in [-0.3, -0.25) is 9.89 Å². The number of hydrogen-bond acceptors (Lipinski definition) is 5. The maximum atomic E-state index is 11.1. The van der Waals surface area contributed by atoms with Crippen LogP contribution < -0.4 is 0 Å². The predicted molar refractivity (Wildman–Crippen MR) is 59.5 cm³/mol. The Labute approximate surface area is 99.3 Å². The van der Waals surface area contributed by atoms with E-state index in [2.05, 4.69) is 19.7 Å². The molecule has 1 heterocycles. The number of H-pyrrole nitrogens is 1. The third-order valence-electron chi connectivity index (χ3n) is 2.33. The van der Waals surface area contributed by atoms with Crippen molar-refractivity contribution < 1.29 is 19.1 Å². The number of rotatable bonds is 6. The number of carbonyl (C=O) groups is 2. The van der Waals surface area contributed by atoms with E-state index in [9.17, 15) is 9.59 Å². The van der Waals surface area contributed by atoms with Gasteiger partial charge in [0, 0.05) is 12.1 Å². The minimum absolute atomic E-state index is 0.204. The maximum absolute atomic E-state index is 11.1. The molecule has 0 atom stereocenters. The van der Waals surface area contributed by atoms with Crippen LogP contribution >= 0.6 is 0 Å². The Balaban J connectivity index is 2.30. The lowest BCUT2D eigenvalue weighted by Gasteiger charge is -1.98. The molecule has 17 heavy (non-hydrogen) atoms. The van der Waals surface area contributed by atoms with E-state index in [1.54, 1.807) is 6.07 Å². The summed E-state index contributed by atoms with van der Waals surface area (Å²) in [4.78, 5) is 22.0. The third-order valence-corrected chi connectivity index (χ3v) is 2.33. The summed E-state index contributed by atoms with van der Waals surface area (Å²) >= 11 is 0. The monoisotopic (exact) mass is 240 g/mol. The van der Waals surface area contributed by atoms with Gasteiger partial charge in [-0.25, -0.2) is 4.79 Å². The van der Waals surface area contributed by atoms with Crippen molar-refractivity contribution in [3.05, 3.63) is 17.5 Å². The highest BCUT2D eigenvalue weighted by Gasteiger charge is 2.10. The second kappa shape index (κ2) is 6.67. The molecule has 0 bridgehead atoms. The summed E-state index contributed by atoms with van der Waals surface area (Å²) in [7, 11) is 2.69. The predicted octanol–water partition coefficient (Wildman–Crippen LogP) is 1.08. The van der Waals surface area contributed by atoms with Gasteiger partial charge in [-0.15, -0.1) is 0 Å². The quantitative estimate of drug-likeness (QED) is 0.594. The molecule has 0 aromatic carbocycles. The lowest BCUT2D eigenvalue weighted by Crippen LogP contribution is -2.00. The van der Waals surface area contributed by atoms with Crippen molar-refractivity contribution in [3.8, 4) is 0 Å². The van der Waals surface area contributed by atoms with Crippen LogP contribution in [0.15, 0.2) is 6.07 Å². The first-order chi connectivity index (χ1) is 8.17. The molecule has 0 spiro atoms. The Morgan fingerprint density at radius 1 is 1.29 bits per heavy atom. The standard InChI is InChI=1S/C11H16N2O4/c1-16-10(14)6-4-3-5-8-7-9(13-12-8)11(15)17-2/h7H,3-6H2,1-2H3,(H,12,13). The number of carbonyl (C=O) groups excluding carboxylic acids is 2. The van der Waals surface area contributed by atoms with Crippen molar-refractivity contribution in [2.75, 3.05) is 14.2 Å². The second-order valence-corrected chi connectivity index (χ2v) is 3.55. The molecular formula is C11H16N2O4. The fourth-order valence-corrected chi connectivity index (χ4v) is 1.39. The molecule has 0 saturated carbocycles. The van der Waals surface area contributed by atoms with E-state index in [0.717, 1.165) is 25.0 Å². The van der Waals surface area contributed by atoms with E-state index in [1.165, 1.54) is 14.2 Å². The van der Waals surface area contributed by atoms with Crippen molar-refractivity contribution in [2.24, 2.45) is 0 Å². The maximum Gasteiger partial charge on any atom is 0.358 e. The summed E-state index contributed by atoms with van der Waals surface area (Å²) in [5, 5.41) is 6.58. The summed E-state index contributed by atoms with van der Waals surface area (Å²) < 4.78 is 9.07. The van der Waals surface area contributed by atoms with Gasteiger partial charge in [0.1, 0.15) is 0 Å². The molecule has 0 radical (unpaired) electrons. The molecule has 0 aliphatic heterocycles. The number of nitrogens with one attached hydrogen (secondary N) is 1. The van der Waals surface area contributed by atoms with Crippen LogP contribution in [-0.4, -0.2) is 36.4 Å². The van der Waals surface area contributed by atoms with Gasteiger partial charge >= 0.3 is 11.9 Å². The molecule has 0 amide bonds. The molecule has 6 nitrogen and oxygen atoms in total. The van der Waals surface area contributed by atoms with Crippen molar-refractivity contribution in [1.82, 2.24) is 10.2 Å². The van der Waals surface area contributed by atoms with Gasteiger partial charge in [-0.1, -0.05) is 0 Å². The van der Waals surface area contributed by atoms with Crippen LogP contribution in [-0.2, 0) is 20.7 Å². The van der Waals surface area contributed by atoms with Gasteiger partial charge < -0.3 is 9.47 Å². The molecule has 1 aromatic heterocycles. The van der Waals surface area contributed by atoms with Crippen LogP contribution in [0.2, 0.25) is 0 Å². The Bertz CT molecular complexity index is 387. The Morgan fingerprint density at radius 3 is 2.71 bits per heavy atom. The molecule has 0 saturated heterocycles. The first-order valence-electron chi connectivity index (χ1n) is 5.36.